The molecule has 2 heteroatoms. The third-order valence-electron chi connectivity index (χ3n) is 3.15. The zero-order valence-electron chi connectivity index (χ0n) is 8.83. The molecular formula is C11H22O2. The van der Waals surface area contributed by atoms with E-state index in [9.17, 15) is 0 Å². The first-order valence-corrected chi connectivity index (χ1v) is 5.58. The molecule has 1 aliphatic rings. The Morgan fingerprint density at radius 1 is 1.38 bits per heavy atom. The van der Waals surface area contributed by atoms with Gasteiger partial charge in [0.2, 0.25) is 0 Å². The SMILES string of the molecule is CCC1CCC(C(CC)CCO)O1. The van der Waals surface area contributed by atoms with E-state index in [2.05, 4.69) is 13.8 Å². The van der Waals surface area contributed by atoms with Crippen LogP contribution in [-0.2, 0) is 4.74 Å². The van der Waals surface area contributed by atoms with Crippen molar-refractivity contribution in [2.24, 2.45) is 5.92 Å². The molecule has 13 heavy (non-hydrogen) atoms. The molecule has 3 unspecified atom stereocenters. The highest BCUT2D eigenvalue weighted by Gasteiger charge is 2.29. The Balaban J connectivity index is 2.33. The maximum Gasteiger partial charge on any atom is 0.0608 e. The van der Waals surface area contributed by atoms with Gasteiger partial charge in [0, 0.05) is 6.61 Å². The van der Waals surface area contributed by atoms with Crippen molar-refractivity contribution in [2.45, 2.75) is 58.2 Å². The Morgan fingerprint density at radius 2 is 2.15 bits per heavy atom. The topological polar surface area (TPSA) is 29.5 Å². The minimum absolute atomic E-state index is 0.301. The zero-order chi connectivity index (χ0) is 9.68. The molecule has 0 amide bonds. The van der Waals surface area contributed by atoms with Crippen LogP contribution < -0.4 is 0 Å². The van der Waals surface area contributed by atoms with E-state index >= 15 is 0 Å². The van der Waals surface area contributed by atoms with Crippen molar-refractivity contribution < 1.29 is 9.84 Å². The summed E-state index contributed by atoms with van der Waals surface area (Å²) in [6.45, 7) is 4.66. The predicted molar refractivity (Wildman–Crippen MR) is 53.7 cm³/mol. The van der Waals surface area contributed by atoms with Gasteiger partial charge in [-0.15, -0.1) is 0 Å². The second kappa shape index (κ2) is 5.61. The fourth-order valence-electron chi connectivity index (χ4n) is 2.20. The summed E-state index contributed by atoms with van der Waals surface area (Å²) in [6, 6.07) is 0. The van der Waals surface area contributed by atoms with Crippen molar-refractivity contribution in [1.29, 1.82) is 0 Å². The van der Waals surface area contributed by atoms with E-state index in [-0.39, 0.29) is 0 Å². The van der Waals surface area contributed by atoms with Crippen molar-refractivity contribution in [3.8, 4) is 0 Å². The first kappa shape index (κ1) is 11.0. The van der Waals surface area contributed by atoms with Crippen molar-refractivity contribution in [3.05, 3.63) is 0 Å². The lowest BCUT2D eigenvalue weighted by Gasteiger charge is -2.21. The van der Waals surface area contributed by atoms with Gasteiger partial charge in [0.25, 0.3) is 0 Å². The molecule has 0 aromatic heterocycles. The molecular weight excluding hydrogens is 164 g/mol. The smallest absolute Gasteiger partial charge is 0.0608 e. The van der Waals surface area contributed by atoms with Gasteiger partial charge >= 0.3 is 0 Å². The van der Waals surface area contributed by atoms with E-state index in [1.54, 1.807) is 0 Å². The maximum absolute atomic E-state index is 8.90. The molecule has 1 N–H and O–H groups in total. The van der Waals surface area contributed by atoms with Crippen LogP contribution >= 0.6 is 0 Å². The van der Waals surface area contributed by atoms with Gasteiger partial charge < -0.3 is 9.84 Å². The van der Waals surface area contributed by atoms with E-state index in [4.69, 9.17) is 9.84 Å². The van der Waals surface area contributed by atoms with Crippen LogP contribution in [0.2, 0.25) is 0 Å². The third kappa shape index (κ3) is 2.96. The minimum Gasteiger partial charge on any atom is -0.396 e. The highest BCUT2D eigenvalue weighted by Crippen LogP contribution is 2.30. The molecule has 3 atom stereocenters. The summed E-state index contributed by atoms with van der Waals surface area (Å²) in [5.41, 5.74) is 0. The number of ether oxygens (including phenoxy) is 1. The van der Waals surface area contributed by atoms with E-state index < -0.39 is 0 Å². The van der Waals surface area contributed by atoms with Crippen molar-refractivity contribution in [3.63, 3.8) is 0 Å². The van der Waals surface area contributed by atoms with Gasteiger partial charge in [-0.25, -0.2) is 0 Å². The molecule has 1 heterocycles. The summed E-state index contributed by atoms with van der Waals surface area (Å²) in [4.78, 5) is 0. The molecule has 1 saturated heterocycles. The number of hydrogen-bond acceptors (Lipinski definition) is 2. The van der Waals surface area contributed by atoms with Crippen LogP contribution in [0.5, 0.6) is 0 Å². The highest BCUT2D eigenvalue weighted by atomic mass is 16.5. The minimum atomic E-state index is 0.301. The molecule has 0 aromatic carbocycles. The molecule has 0 aromatic rings. The Kier molecular flexibility index (Phi) is 4.74. The summed E-state index contributed by atoms with van der Waals surface area (Å²) in [7, 11) is 0. The van der Waals surface area contributed by atoms with Crippen LogP contribution in [0.3, 0.4) is 0 Å². The predicted octanol–water partition coefficient (Wildman–Crippen LogP) is 2.35. The van der Waals surface area contributed by atoms with E-state index in [0.717, 1.165) is 19.3 Å². The van der Waals surface area contributed by atoms with Crippen molar-refractivity contribution >= 4 is 0 Å². The average Bonchev–Trinajstić information content (AvgIpc) is 2.62. The Morgan fingerprint density at radius 3 is 2.62 bits per heavy atom. The van der Waals surface area contributed by atoms with Gasteiger partial charge in [0.15, 0.2) is 0 Å². The van der Waals surface area contributed by atoms with Crippen LogP contribution in [0.15, 0.2) is 0 Å². The normalized spacial score (nSPS) is 30.7. The summed E-state index contributed by atoms with van der Waals surface area (Å²) < 4.78 is 5.91. The second-order valence-electron chi connectivity index (χ2n) is 3.96. The Hall–Kier alpha value is -0.0800. The lowest BCUT2D eigenvalue weighted by atomic mass is 9.94. The van der Waals surface area contributed by atoms with Gasteiger partial charge in [-0.2, -0.15) is 0 Å². The average molecular weight is 186 g/mol. The Bertz CT molecular complexity index is 136. The first-order chi connectivity index (χ1) is 6.31. The highest BCUT2D eigenvalue weighted by molar-refractivity contribution is 4.78. The van der Waals surface area contributed by atoms with E-state index in [0.29, 0.717) is 24.7 Å². The molecule has 0 spiro atoms. The van der Waals surface area contributed by atoms with Gasteiger partial charge in [0.1, 0.15) is 0 Å². The quantitative estimate of drug-likeness (QED) is 0.714. The number of rotatable bonds is 5. The van der Waals surface area contributed by atoms with Gasteiger partial charge in [-0.3, -0.25) is 0 Å². The van der Waals surface area contributed by atoms with Gasteiger partial charge in [-0.05, 0) is 31.6 Å². The fourth-order valence-corrected chi connectivity index (χ4v) is 2.20. The second-order valence-corrected chi connectivity index (χ2v) is 3.96. The lowest BCUT2D eigenvalue weighted by Crippen LogP contribution is -2.21. The number of aliphatic hydroxyl groups is 1. The number of hydrogen-bond donors (Lipinski definition) is 1. The molecule has 0 radical (unpaired) electrons. The molecule has 1 rings (SSSR count). The molecule has 78 valence electrons. The first-order valence-electron chi connectivity index (χ1n) is 5.58. The van der Waals surface area contributed by atoms with Gasteiger partial charge in [0.05, 0.1) is 12.2 Å². The van der Waals surface area contributed by atoms with E-state index in [1.807, 2.05) is 0 Å². The molecule has 0 bridgehead atoms. The summed E-state index contributed by atoms with van der Waals surface area (Å²) in [5.74, 6) is 0.571. The molecule has 2 nitrogen and oxygen atoms in total. The summed E-state index contributed by atoms with van der Waals surface area (Å²) in [6.07, 6.45) is 6.46. The van der Waals surface area contributed by atoms with Crippen LogP contribution in [0.25, 0.3) is 0 Å². The summed E-state index contributed by atoms with van der Waals surface area (Å²) in [5, 5.41) is 8.90. The zero-order valence-corrected chi connectivity index (χ0v) is 8.83. The molecule has 0 aliphatic carbocycles. The van der Waals surface area contributed by atoms with Gasteiger partial charge in [-0.1, -0.05) is 20.3 Å². The monoisotopic (exact) mass is 186 g/mol. The maximum atomic E-state index is 8.90. The Labute approximate surface area is 81.3 Å². The third-order valence-corrected chi connectivity index (χ3v) is 3.15. The molecule has 0 saturated carbocycles. The van der Waals surface area contributed by atoms with Crippen molar-refractivity contribution in [2.75, 3.05) is 6.61 Å². The van der Waals surface area contributed by atoms with Crippen LogP contribution in [0.4, 0.5) is 0 Å². The molecule has 1 aliphatic heterocycles. The largest absolute Gasteiger partial charge is 0.396 e. The van der Waals surface area contributed by atoms with E-state index in [1.165, 1.54) is 12.8 Å². The van der Waals surface area contributed by atoms with Crippen LogP contribution in [-0.4, -0.2) is 23.9 Å². The van der Waals surface area contributed by atoms with Crippen LogP contribution in [0, 0.1) is 5.92 Å². The number of aliphatic hydroxyl groups excluding tert-OH is 1. The molecule has 1 fully saturated rings. The standard InChI is InChI=1S/C11H22O2/c1-3-9(7-8-12)11-6-5-10(4-2)13-11/h9-12H,3-8H2,1-2H3. The van der Waals surface area contributed by atoms with Crippen molar-refractivity contribution in [1.82, 2.24) is 0 Å². The lowest BCUT2D eigenvalue weighted by molar-refractivity contribution is 0.00178. The van der Waals surface area contributed by atoms with Crippen LogP contribution in [0.1, 0.15) is 46.0 Å². The fraction of sp³-hybridized carbons (Fsp3) is 1.00. The summed E-state index contributed by atoms with van der Waals surface area (Å²) >= 11 is 0.